The fourth-order valence-electron chi connectivity index (χ4n) is 2.47. The number of amides is 2. The van der Waals surface area contributed by atoms with E-state index < -0.39 is 21.8 Å². The van der Waals surface area contributed by atoms with Gasteiger partial charge in [-0.15, -0.1) is 0 Å². The molecule has 0 spiro atoms. The molecule has 1 unspecified atom stereocenters. The van der Waals surface area contributed by atoms with Gasteiger partial charge in [0.25, 0.3) is 5.91 Å². The van der Waals surface area contributed by atoms with E-state index >= 15 is 0 Å². The zero-order valence-corrected chi connectivity index (χ0v) is 15.4. The van der Waals surface area contributed by atoms with Gasteiger partial charge in [-0.3, -0.25) is 9.59 Å². The predicted molar refractivity (Wildman–Crippen MR) is 93.7 cm³/mol. The smallest absolute Gasteiger partial charge is 0.252 e. The molecule has 1 aromatic carbocycles. The minimum Gasteiger partial charge on any atom is -0.352 e. The third-order valence-corrected chi connectivity index (χ3v) is 5.98. The Bertz CT molecular complexity index is 761. The Labute approximate surface area is 147 Å². The largest absolute Gasteiger partial charge is 0.352 e. The number of carbonyl (C=O) groups excluding carboxylic acids is 2. The Morgan fingerprint density at radius 1 is 1.42 bits per heavy atom. The van der Waals surface area contributed by atoms with Gasteiger partial charge in [-0.2, -0.15) is 0 Å². The summed E-state index contributed by atoms with van der Waals surface area (Å²) in [4.78, 5) is 24.2. The molecule has 132 valence electrons. The minimum atomic E-state index is -3.69. The zero-order chi connectivity index (χ0) is 18.1. The van der Waals surface area contributed by atoms with Crippen LogP contribution in [0.2, 0.25) is 5.02 Å². The second-order valence-corrected chi connectivity index (χ2v) is 8.65. The summed E-state index contributed by atoms with van der Waals surface area (Å²) in [7, 11) is -3.69. The van der Waals surface area contributed by atoms with Gasteiger partial charge in [0.15, 0.2) is 0 Å². The molecule has 1 N–H and O–H groups in total. The molecular weight excluding hydrogens is 352 g/mol. The molecular formula is C16H21ClN2O4S. The quantitative estimate of drug-likeness (QED) is 0.860. The zero-order valence-electron chi connectivity index (χ0n) is 13.9. The number of hydrogen-bond acceptors (Lipinski definition) is 4. The molecule has 8 heteroatoms. The van der Waals surface area contributed by atoms with E-state index in [2.05, 4.69) is 19.2 Å². The number of carbonyl (C=O) groups is 2. The minimum absolute atomic E-state index is 0.108. The van der Waals surface area contributed by atoms with Crippen molar-refractivity contribution in [2.75, 3.05) is 16.6 Å². The van der Waals surface area contributed by atoms with E-state index in [1.165, 1.54) is 18.2 Å². The molecule has 24 heavy (non-hydrogen) atoms. The van der Waals surface area contributed by atoms with E-state index in [1.54, 1.807) is 6.92 Å². The van der Waals surface area contributed by atoms with E-state index in [1.807, 2.05) is 0 Å². The van der Waals surface area contributed by atoms with E-state index in [0.29, 0.717) is 12.5 Å². The Hall–Kier alpha value is -1.60. The molecule has 1 aliphatic heterocycles. The fourth-order valence-corrected chi connectivity index (χ4v) is 4.54. The van der Waals surface area contributed by atoms with E-state index in [4.69, 9.17) is 11.6 Å². The molecule has 0 bridgehead atoms. The lowest BCUT2D eigenvalue weighted by molar-refractivity contribution is -0.119. The predicted octanol–water partition coefficient (Wildman–Crippen LogP) is 2.43. The number of hydrogen-bond donors (Lipinski definition) is 1. The van der Waals surface area contributed by atoms with E-state index in [-0.39, 0.29) is 27.9 Å². The third-order valence-electron chi connectivity index (χ3n) is 3.80. The first kappa shape index (κ1) is 18.7. The SMILES string of the molecule is CC(C)CCNC(=O)c1ccc(N2C(=O)C(C)CS2(=O)=O)cc1Cl. The van der Waals surface area contributed by atoms with Gasteiger partial charge >= 0.3 is 0 Å². The number of nitrogens with zero attached hydrogens (tertiary/aromatic N) is 1. The second-order valence-electron chi connectivity index (χ2n) is 6.38. The van der Waals surface area contributed by atoms with Crippen LogP contribution in [0.3, 0.4) is 0 Å². The van der Waals surface area contributed by atoms with Crippen LogP contribution in [0.5, 0.6) is 0 Å². The third kappa shape index (κ3) is 3.89. The van der Waals surface area contributed by atoms with Gasteiger partial charge in [0.05, 0.1) is 27.9 Å². The summed E-state index contributed by atoms with van der Waals surface area (Å²) in [5, 5.41) is 2.88. The van der Waals surface area contributed by atoms with Crippen molar-refractivity contribution < 1.29 is 18.0 Å². The maximum Gasteiger partial charge on any atom is 0.252 e. The molecule has 1 aliphatic rings. The summed E-state index contributed by atoms with van der Waals surface area (Å²) in [5.41, 5.74) is 0.411. The molecule has 2 amide bonds. The molecule has 1 aromatic rings. The highest BCUT2D eigenvalue weighted by atomic mass is 35.5. The number of anilines is 1. The van der Waals surface area contributed by atoms with Gasteiger partial charge in [-0.1, -0.05) is 32.4 Å². The number of halogens is 1. The van der Waals surface area contributed by atoms with Gasteiger partial charge in [0.2, 0.25) is 15.9 Å². The summed E-state index contributed by atoms with van der Waals surface area (Å²) in [6.45, 7) is 6.22. The average molecular weight is 373 g/mol. The summed E-state index contributed by atoms with van der Waals surface area (Å²) in [6, 6.07) is 4.21. The van der Waals surface area contributed by atoms with Crippen molar-refractivity contribution in [1.29, 1.82) is 0 Å². The van der Waals surface area contributed by atoms with Crippen molar-refractivity contribution in [3.63, 3.8) is 0 Å². The molecule has 0 aliphatic carbocycles. The average Bonchev–Trinajstić information content (AvgIpc) is 2.66. The number of sulfonamides is 1. The summed E-state index contributed by atoms with van der Waals surface area (Å²) in [5.74, 6) is -1.15. The summed E-state index contributed by atoms with van der Waals surface area (Å²) < 4.78 is 25.0. The molecule has 1 fully saturated rings. The lowest BCUT2D eigenvalue weighted by Crippen LogP contribution is -2.30. The van der Waals surface area contributed by atoms with Gasteiger partial charge in [-0.05, 0) is 30.5 Å². The van der Waals surface area contributed by atoms with E-state index in [9.17, 15) is 18.0 Å². The van der Waals surface area contributed by atoms with Crippen molar-refractivity contribution in [2.24, 2.45) is 11.8 Å². The van der Waals surface area contributed by atoms with Crippen LogP contribution in [-0.2, 0) is 14.8 Å². The van der Waals surface area contributed by atoms with Gasteiger partial charge in [0, 0.05) is 6.54 Å². The van der Waals surface area contributed by atoms with Gasteiger partial charge in [-0.25, -0.2) is 12.7 Å². The Kier molecular flexibility index (Phi) is 5.55. The molecule has 1 heterocycles. The Morgan fingerprint density at radius 2 is 2.08 bits per heavy atom. The van der Waals surface area contributed by atoms with Crippen molar-refractivity contribution in [3.05, 3.63) is 28.8 Å². The van der Waals surface area contributed by atoms with E-state index in [0.717, 1.165) is 10.7 Å². The number of benzene rings is 1. The normalized spacial score (nSPS) is 19.8. The highest BCUT2D eigenvalue weighted by Crippen LogP contribution is 2.31. The van der Waals surface area contributed by atoms with Crippen LogP contribution >= 0.6 is 11.6 Å². The maximum absolute atomic E-state index is 12.1. The molecule has 0 aromatic heterocycles. The molecule has 2 rings (SSSR count). The first-order valence-corrected chi connectivity index (χ1v) is 9.76. The van der Waals surface area contributed by atoms with Crippen molar-refractivity contribution in [2.45, 2.75) is 27.2 Å². The topological polar surface area (TPSA) is 83.6 Å². The first-order chi connectivity index (χ1) is 11.1. The van der Waals surface area contributed by atoms with Crippen molar-refractivity contribution >= 4 is 39.1 Å². The molecule has 0 radical (unpaired) electrons. The van der Waals surface area contributed by atoms with Crippen LogP contribution in [0.15, 0.2) is 18.2 Å². The van der Waals surface area contributed by atoms with Crippen LogP contribution in [0.1, 0.15) is 37.6 Å². The summed E-state index contributed by atoms with van der Waals surface area (Å²) >= 11 is 6.13. The van der Waals surface area contributed by atoms with Gasteiger partial charge in [0.1, 0.15) is 0 Å². The first-order valence-electron chi connectivity index (χ1n) is 7.78. The highest BCUT2D eigenvalue weighted by Gasteiger charge is 2.42. The van der Waals surface area contributed by atoms with Crippen molar-refractivity contribution in [1.82, 2.24) is 5.32 Å². The second kappa shape index (κ2) is 7.11. The lowest BCUT2D eigenvalue weighted by atomic mass is 10.1. The van der Waals surface area contributed by atoms with Gasteiger partial charge < -0.3 is 5.32 Å². The number of nitrogens with one attached hydrogen (secondary N) is 1. The van der Waals surface area contributed by atoms with Crippen LogP contribution in [0.25, 0.3) is 0 Å². The highest BCUT2D eigenvalue weighted by molar-refractivity contribution is 7.94. The van der Waals surface area contributed by atoms with Crippen LogP contribution in [0.4, 0.5) is 5.69 Å². The van der Waals surface area contributed by atoms with Crippen LogP contribution < -0.4 is 9.62 Å². The van der Waals surface area contributed by atoms with Crippen LogP contribution in [0, 0.1) is 11.8 Å². The maximum atomic E-state index is 12.1. The monoisotopic (exact) mass is 372 g/mol. The molecule has 1 saturated heterocycles. The van der Waals surface area contributed by atoms with Crippen LogP contribution in [-0.4, -0.2) is 32.5 Å². The number of rotatable bonds is 5. The lowest BCUT2D eigenvalue weighted by Gasteiger charge is -2.16. The molecule has 6 nitrogen and oxygen atoms in total. The summed E-state index contributed by atoms with van der Waals surface area (Å²) in [6.07, 6.45) is 0.847. The fraction of sp³-hybridized carbons (Fsp3) is 0.500. The molecule has 1 atom stereocenters. The Balaban J connectivity index is 2.21. The molecule has 0 saturated carbocycles. The standard InChI is InChI=1S/C16H21ClN2O4S/c1-10(2)6-7-18-15(20)13-5-4-12(8-14(13)17)19-16(21)11(3)9-24(19,22)23/h4-5,8,10-11H,6-7,9H2,1-3H3,(H,18,20). The Morgan fingerprint density at radius 3 is 2.58 bits per heavy atom. The van der Waals surface area contributed by atoms with Crippen molar-refractivity contribution in [3.8, 4) is 0 Å².